The Balaban J connectivity index is 2.36. The number of rotatable bonds is 4. The van der Waals surface area contributed by atoms with Gasteiger partial charge in [-0.05, 0) is 45.9 Å². The van der Waals surface area contributed by atoms with E-state index in [1.807, 2.05) is 27.7 Å². The van der Waals surface area contributed by atoms with Gasteiger partial charge in [-0.25, -0.2) is 0 Å². The van der Waals surface area contributed by atoms with Gasteiger partial charge in [-0.3, -0.25) is 0 Å². The first-order valence-electron chi connectivity index (χ1n) is 6.82. The summed E-state index contributed by atoms with van der Waals surface area (Å²) in [5.74, 6) is 0.592. The SMILES string of the molecule is COCOc1ccc(C#N)cc1B1OC(C)(C)C(C)(C)O1. The van der Waals surface area contributed by atoms with Crippen molar-refractivity contribution < 1.29 is 18.8 Å². The van der Waals surface area contributed by atoms with E-state index in [2.05, 4.69) is 6.07 Å². The third kappa shape index (κ3) is 3.05. The first-order chi connectivity index (χ1) is 9.80. The molecule has 0 bridgehead atoms. The van der Waals surface area contributed by atoms with Crippen LogP contribution >= 0.6 is 0 Å². The van der Waals surface area contributed by atoms with Crippen LogP contribution in [0, 0.1) is 11.3 Å². The van der Waals surface area contributed by atoms with E-state index >= 15 is 0 Å². The summed E-state index contributed by atoms with van der Waals surface area (Å²) in [6, 6.07) is 7.28. The summed E-state index contributed by atoms with van der Waals surface area (Å²) >= 11 is 0. The minimum Gasteiger partial charge on any atom is -0.468 e. The van der Waals surface area contributed by atoms with Gasteiger partial charge in [0.25, 0.3) is 0 Å². The second-order valence-corrected chi connectivity index (χ2v) is 6.00. The van der Waals surface area contributed by atoms with Crippen LogP contribution in [0.2, 0.25) is 0 Å². The molecule has 0 radical (unpaired) electrons. The molecule has 1 heterocycles. The predicted octanol–water partition coefficient (Wildman–Crippen LogP) is 1.84. The van der Waals surface area contributed by atoms with Gasteiger partial charge in [0, 0.05) is 12.6 Å². The fraction of sp³-hybridized carbons (Fsp3) is 0.533. The van der Waals surface area contributed by atoms with Gasteiger partial charge in [0.15, 0.2) is 6.79 Å². The number of benzene rings is 1. The van der Waals surface area contributed by atoms with Crippen LogP contribution in [-0.4, -0.2) is 32.2 Å². The molecule has 0 aromatic heterocycles. The smallest absolute Gasteiger partial charge is 0.468 e. The first-order valence-corrected chi connectivity index (χ1v) is 6.82. The minimum absolute atomic E-state index is 0.123. The zero-order valence-corrected chi connectivity index (χ0v) is 13.1. The summed E-state index contributed by atoms with van der Waals surface area (Å²) in [6.45, 7) is 8.06. The van der Waals surface area contributed by atoms with Gasteiger partial charge in [0.2, 0.25) is 0 Å². The Morgan fingerprint density at radius 1 is 1.19 bits per heavy atom. The number of ether oxygens (including phenoxy) is 2. The van der Waals surface area contributed by atoms with Crippen molar-refractivity contribution in [2.45, 2.75) is 38.9 Å². The van der Waals surface area contributed by atoms with E-state index in [-0.39, 0.29) is 6.79 Å². The summed E-state index contributed by atoms with van der Waals surface area (Å²) in [4.78, 5) is 0. The Morgan fingerprint density at radius 3 is 2.33 bits per heavy atom. The fourth-order valence-electron chi connectivity index (χ4n) is 2.03. The normalized spacial score (nSPS) is 19.3. The van der Waals surface area contributed by atoms with E-state index in [4.69, 9.17) is 24.0 Å². The molecular weight excluding hydrogens is 269 g/mol. The molecular formula is C15H20BNO4. The van der Waals surface area contributed by atoms with Crippen molar-refractivity contribution in [3.05, 3.63) is 23.8 Å². The monoisotopic (exact) mass is 289 g/mol. The van der Waals surface area contributed by atoms with Crippen LogP contribution < -0.4 is 10.2 Å². The van der Waals surface area contributed by atoms with Crippen LogP contribution in [0.25, 0.3) is 0 Å². The molecule has 0 saturated carbocycles. The first kappa shape index (κ1) is 15.8. The van der Waals surface area contributed by atoms with Gasteiger partial charge < -0.3 is 18.8 Å². The summed E-state index contributed by atoms with van der Waals surface area (Å²) < 4.78 is 22.5. The summed E-state index contributed by atoms with van der Waals surface area (Å²) in [7, 11) is 0.980. The molecule has 1 aromatic carbocycles. The van der Waals surface area contributed by atoms with Crippen LogP contribution in [0.1, 0.15) is 33.3 Å². The largest absolute Gasteiger partial charge is 0.498 e. The fourth-order valence-corrected chi connectivity index (χ4v) is 2.03. The Morgan fingerprint density at radius 2 is 1.81 bits per heavy atom. The second kappa shape index (κ2) is 5.68. The lowest BCUT2D eigenvalue weighted by Crippen LogP contribution is -2.41. The lowest BCUT2D eigenvalue weighted by Gasteiger charge is -2.32. The number of nitrogens with zero attached hydrogens (tertiary/aromatic N) is 1. The maximum Gasteiger partial charge on any atom is 0.498 e. The zero-order valence-electron chi connectivity index (χ0n) is 13.1. The van der Waals surface area contributed by atoms with Gasteiger partial charge in [0.1, 0.15) is 5.75 Å². The molecule has 21 heavy (non-hydrogen) atoms. The van der Waals surface area contributed by atoms with Gasteiger partial charge in [0.05, 0.1) is 22.8 Å². The third-order valence-corrected chi connectivity index (χ3v) is 3.98. The summed E-state index contributed by atoms with van der Waals surface area (Å²) in [5.41, 5.74) is 0.340. The van der Waals surface area contributed by atoms with Crippen LogP contribution in [0.3, 0.4) is 0 Å². The summed E-state index contributed by atoms with van der Waals surface area (Å²) in [5, 5.41) is 9.08. The van der Waals surface area contributed by atoms with Crippen molar-refractivity contribution in [3.8, 4) is 11.8 Å². The molecule has 1 aliphatic heterocycles. The van der Waals surface area contributed by atoms with E-state index in [0.29, 0.717) is 16.8 Å². The Bertz CT molecular complexity index is 549. The quantitative estimate of drug-likeness (QED) is 0.625. The van der Waals surface area contributed by atoms with Crippen LogP contribution in [-0.2, 0) is 14.0 Å². The topological polar surface area (TPSA) is 60.7 Å². The lowest BCUT2D eigenvalue weighted by molar-refractivity contribution is 0.00578. The van der Waals surface area contributed by atoms with Crippen molar-refractivity contribution in [1.29, 1.82) is 5.26 Å². The highest BCUT2D eigenvalue weighted by atomic mass is 16.7. The highest BCUT2D eigenvalue weighted by molar-refractivity contribution is 6.63. The minimum atomic E-state index is -0.574. The molecule has 1 aromatic rings. The lowest BCUT2D eigenvalue weighted by atomic mass is 9.77. The summed E-state index contributed by atoms with van der Waals surface area (Å²) in [6.07, 6.45) is 0. The molecule has 0 spiro atoms. The molecule has 1 saturated heterocycles. The Kier molecular flexibility index (Phi) is 4.29. The molecule has 1 aliphatic rings. The van der Waals surface area contributed by atoms with Crippen molar-refractivity contribution >= 4 is 12.6 Å². The molecule has 1 fully saturated rings. The Labute approximate surface area is 125 Å². The number of methoxy groups -OCH3 is 1. The van der Waals surface area contributed by atoms with Gasteiger partial charge in [-0.15, -0.1) is 0 Å². The van der Waals surface area contributed by atoms with E-state index in [0.717, 1.165) is 0 Å². The molecule has 0 atom stereocenters. The van der Waals surface area contributed by atoms with E-state index in [1.54, 1.807) is 25.3 Å². The molecule has 0 unspecified atom stereocenters. The predicted molar refractivity (Wildman–Crippen MR) is 79.4 cm³/mol. The number of hydrogen-bond acceptors (Lipinski definition) is 5. The van der Waals surface area contributed by atoms with Gasteiger partial charge >= 0.3 is 7.12 Å². The van der Waals surface area contributed by atoms with E-state index in [9.17, 15) is 0 Å². The average Bonchev–Trinajstić information content (AvgIpc) is 2.65. The molecule has 6 heteroatoms. The highest BCUT2D eigenvalue weighted by Crippen LogP contribution is 2.37. The molecule has 0 aliphatic carbocycles. The van der Waals surface area contributed by atoms with Crippen LogP contribution in [0.5, 0.6) is 5.75 Å². The zero-order chi connectivity index (χ0) is 15.7. The van der Waals surface area contributed by atoms with Crippen LogP contribution in [0.15, 0.2) is 18.2 Å². The number of hydrogen-bond donors (Lipinski definition) is 0. The molecule has 2 rings (SSSR count). The molecule has 112 valence electrons. The van der Waals surface area contributed by atoms with Gasteiger partial charge in [-0.1, -0.05) is 0 Å². The second-order valence-electron chi connectivity index (χ2n) is 6.00. The van der Waals surface area contributed by atoms with Crippen molar-refractivity contribution in [1.82, 2.24) is 0 Å². The van der Waals surface area contributed by atoms with E-state index in [1.165, 1.54) is 0 Å². The van der Waals surface area contributed by atoms with Crippen molar-refractivity contribution in [2.75, 3.05) is 13.9 Å². The van der Waals surface area contributed by atoms with E-state index < -0.39 is 18.3 Å². The third-order valence-electron chi connectivity index (χ3n) is 3.98. The maximum atomic E-state index is 9.08. The standard InChI is InChI=1S/C15H20BNO4/c1-14(2)15(3,4)21-16(20-14)12-8-11(9-17)6-7-13(12)19-10-18-5/h6-8H,10H2,1-5H3. The molecule has 5 nitrogen and oxygen atoms in total. The Hall–Kier alpha value is -1.55. The highest BCUT2D eigenvalue weighted by Gasteiger charge is 2.52. The van der Waals surface area contributed by atoms with Gasteiger partial charge in [-0.2, -0.15) is 5.26 Å². The number of nitriles is 1. The molecule has 0 amide bonds. The van der Waals surface area contributed by atoms with Crippen molar-refractivity contribution in [3.63, 3.8) is 0 Å². The maximum absolute atomic E-state index is 9.08. The molecule has 0 N–H and O–H groups in total. The van der Waals surface area contributed by atoms with Crippen molar-refractivity contribution in [2.24, 2.45) is 0 Å². The average molecular weight is 289 g/mol. The van der Waals surface area contributed by atoms with Crippen LogP contribution in [0.4, 0.5) is 0 Å².